The molecule has 0 bridgehead atoms. The van der Waals surface area contributed by atoms with E-state index in [1.165, 1.54) is 19.1 Å². The Morgan fingerprint density at radius 2 is 1.69 bits per heavy atom. The molecular weight excluding hydrogens is 461 g/mol. The molecule has 35 heavy (non-hydrogen) atoms. The molecule has 0 aliphatic heterocycles. The Kier molecular flexibility index (Phi) is 10.6. The second-order valence-corrected chi connectivity index (χ2v) is 9.21. The van der Waals surface area contributed by atoms with Gasteiger partial charge in [0.25, 0.3) is 0 Å². The Labute approximate surface area is 205 Å². The van der Waals surface area contributed by atoms with E-state index >= 15 is 0 Å². The zero-order chi connectivity index (χ0) is 27.1. The number of benzene rings is 1. The van der Waals surface area contributed by atoms with Gasteiger partial charge in [-0.2, -0.15) is 13.2 Å². The van der Waals surface area contributed by atoms with Gasteiger partial charge in [-0.05, 0) is 81.8 Å². The molecule has 2 atom stereocenters. The number of nitrogens with one attached hydrogen (secondary N) is 1. The van der Waals surface area contributed by atoms with E-state index in [0.29, 0.717) is 11.3 Å². The normalized spacial score (nSPS) is 13.4. The number of nitrogens with zero attached hydrogens (tertiary/aromatic N) is 1. The fourth-order valence-electron chi connectivity index (χ4n) is 3.49. The van der Waals surface area contributed by atoms with Crippen molar-refractivity contribution in [3.05, 3.63) is 83.2 Å². The van der Waals surface area contributed by atoms with Gasteiger partial charge in [0.2, 0.25) is 0 Å². The highest BCUT2D eigenvalue weighted by atomic mass is 19.4. The molecule has 1 aromatic carbocycles. The first-order chi connectivity index (χ1) is 16.1. The monoisotopic (exact) mass is 497 g/mol. The number of nitrogens with two attached hydrogens (primary N) is 1. The zero-order valence-corrected chi connectivity index (χ0v) is 21.3. The van der Waals surface area contributed by atoms with Crippen molar-refractivity contribution in [3.63, 3.8) is 0 Å². The Morgan fingerprint density at radius 1 is 1.09 bits per heavy atom. The van der Waals surface area contributed by atoms with Gasteiger partial charge in [0.05, 0.1) is 5.69 Å². The molecule has 0 fully saturated rings. The number of halogens is 5. The van der Waals surface area contributed by atoms with Crippen LogP contribution in [0.1, 0.15) is 62.7 Å². The maximum absolute atomic E-state index is 14.3. The van der Waals surface area contributed by atoms with E-state index in [1.54, 1.807) is 0 Å². The molecule has 0 spiro atoms. The molecule has 1 heterocycles. The predicted octanol–water partition coefficient (Wildman–Crippen LogP) is 6.99. The molecule has 0 saturated heterocycles. The summed E-state index contributed by atoms with van der Waals surface area (Å²) in [6.45, 7) is 18.8. The first-order valence-corrected chi connectivity index (χ1v) is 11.5. The number of hydrogen-bond donors (Lipinski definition) is 2. The molecule has 194 valence electrons. The fraction of sp³-hybridized carbons (Fsp3) is 0.444. The molecule has 2 aromatic rings. The van der Waals surface area contributed by atoms with Crippen LogP contribution >= 0.6 is 0 Å². The molecule has 2 rings (SSSR count). The third-order valence-electron chi connectivity index (χ3n) is 5.18. The number of rotatable bonds is 8. The number of aromatic nitrogens is 1. The summed E-state index contributed by atoms with van der Waals surface area (Å²) < 4.78 is 68.2. The predicted molar refractivity (Wildman–Crippen MR) is 133 cm³/mol. The smallest absolute Gasteiger partial charge is 0.380 e. The van der Waals surface area contributed by atoms with Crippen LogP contribution in [-0.4, -0.2) is 16.6 Å². The molecule has 0 amide bonds. The Balaban J connectivity index is 0.00000298. The van der Waals surface area contributed by atoms with Crippen LogP contribution in [0.3, 0.4) is 0 Å². The SMILES string of the molecule is C=CC(Cc1nc(C(F)(F)F)ccc1C(=C)NC(C)(C)C)[C@H](N)Cc1cc(F)c(C)cc1F.CC. The summed E-state index contributed by atoms with van der Waals surface area (Å²) in [5.74, 6) is -1.70. The van der Waals surface area contributed by atoms with Crippen LogP contribution in [0.5, 0.6) is 0 Å². The molecule has 0 saturated carbocycles. The summed E-state index contributed by atoms with van der Waals surface area (Å²) in [4.78, 5) is 3.85. The van der Waals surface area contributed by atoms with Crippen molar-refractivity contribution >= 4 is 5.70 Å². The van der Waals surface area contributed by atoms with Crippen LogP contribution in [0.15, 0.2) is 43.5 Å². The molecule has 3 nitrogen and oxygen atoms in total. The van der Waals surface area contributed by atoms with Crippen molar-refractivity contribution in [2.75, 3.05) is 0 Å². The van der Waals surface area contributed by atoms with Crippen LogP contribution < -0.4 is 11.1 Å². The molecule has 8 heteroatoms. The molecule has 0 aliphatic carbocycles. The van der Waals surface area contributed by atoms with Gasteiger partial charge >= 0.3 is 6.18 Å². The fourth-order valence-corrected chi connectivity index (χ4v) is 3.49. The zero-order valence-electron chi connectivity index (χ0n) is 21.3. The van der Waals surface area contributed by atoms with Crippen LogP contribution in [0.25, 0.3) is 5.70 Å². The third kappa shape index (κ3) is 8.76. The maximum atomic E-state index is 14.3. The van der Waals surface area contributed by atoms with E-state index in [9.17, 15) is 22.0 Å². The van der Waals surface area contributed by atoms with Crippen molar-refractivity contribution in [1.29, 1.82) is 0 Å². The highest BCUT2D eigenvalue weighted by Crippen LogP contribution is 2.31. The minimum absolute atomic E-state index is 0.0186. The van der Waals surface area contributed by atoms with Gasteiger partial charge in [-0.25, -0.2) is 13.8 Å². The van der Waals surface area contributed by atoms with Gasteiger partial charge in [0, 0.05) is 22.8 Å². The minimum atomic E-state index is -4.62. The highest BCUT2D eigenvalue weighted by molar-refractivity contribution is 5.64. The summed E-state index contributed by atoms with van der Waals surface area (Å²) in [7, 11) is 0. The molecule has 1 unspecified atom stereocenters. The van der Waals surface area contributed by atoms with Crippen molar-refractivity contribution in [3.8, 4) is 0 Å². The topological polar surface area (TPSA) is 50.9 Å². The average Bonchev–Trinajstić information content (AvgIpc) is 2.75. The standard InChI is InChI=1S/C25H30F5N3.C2H6/c1-7-16(21(31)12-17-11-19(26)14(2)10-20(17)27)13-22-18(15(3)33-24(4,5)6)8-9-23(32-22)25(28,29)30;1-2/h7-11,16,21,33H,1,3,12-13,31H2,2,4-6H3;1-2H3/t16?,21-;/m1./s1. The largest absolute Gasteiger partial charge is 0.433 e. The van der Waals surface area contributed by atoms with E-state index in [2.05, 4.69) is 23.5 Å². The number of hydrogen-bond acceptors (Lipinski definition) is 3. The van der Waals surface area contributed by atoms with E-state index in [4.69, 9.17) is 5.73 Å². The molecule has 3 N–H and O–H groups in total. The lowest BCUT2D eigenvalue weighted by molar-refractivity contribution is -0.141. The number of alkyl halides is 3. The summed E-state index contributed by atoms with van der Waals surface area (Å²) >= 11 is 0. The second-order valence-electron chi connectivity index (χ2n) is 9.21. The maximum Gasteiger partial charge on any atom is 0.433 e. The lowest BCUT2D eigenvalue weighted by atomic mass is 9.88. The van der Waals surface area contributed by atoms with E-state index < -0.39 is 35.5 Å². The van der Waals surface area contributed by atoms with Crippen molar-refractivity contribution in [1.82, 2.24) is 10.3 Å². The molecule has 0 radical (unpaired) electrons. The van der Waals surface area contributed by atoms with Crippen molar-refractivity contribution < 1.29 is 22.0 Å². The lowest BCUT2D eigenvalue weighted by Gasteiger charge is -2.27. The Morgan fingerprint density at radius 3 is 2.20 bits per heavy atom. The third-order valence-corrected chi connectivity index (χ3v) is 5.18. The first kappa shape index (κ1) is 30.3. The minimum Gasteiger partial charge on any atom is -0.380 e. The van der Waals surface area contributed by atoms with E-state index in [-0.39, 0.29) is 35.2 Å². The van der Waals surface area contributed by atoms with Crippen molar-refractivity contribution in [2.45, 2.75) is 72.1 Å². The molecular formula is C27H36F5N3. The van der Waals surface area contributed by atoms with Crippen molar-refractivity contribution in [2.24, 2.45) is 11.7 Å². The van der Waals surface area contributed by atoms with E-state index in [1.807, 2.05) is 34.6 Å². The van der Waals surface area contributed by atoms with E-state index in [0.717, 1.165) is 18.2 Å². The van der Waals surface area contributed by atoms with Crippen LogP contribution in [0.4, 0.5) is 22.0 Å². The number of pyridine rings is 1. The second kappa shape index (κ2) is 12.3. The van der Waals surface area contributed by atoms with Crippen LogP contribution in [0.2, 0.25) is 0 Å². The Bertz CT molecular complexity index is 1020. The van der Waals surface area contributed by atoms with Gasteiger partial charge in [-0.15, -0.1) is 6.58 Å². The summed E-state index contributed by atoms with van der Waals surface area (Å²) in [5.41, 5.74) is 6.10. The highest BCUT2D eigenvalue weighted by Gasteiger charge is 2.33. The summed E-state index contributed by atoms with van der Waals surface area (Å²) in [5, 5.41) is 3.15. The Hall–Kier alpha value is -2.74. The number of aryl methyl sites for hydroxylation is 1. The molecule has 0 aliphatic rings. The molecule has 1 aromatic heterocycles. The van der Waals surface area contributed by atoms with Crippen LogP contribution in [0, 0.1) is 24.5 Å². The average molecular weight is 498 g/mol. The lowest BCUT2D eigenvalue weighted by Crippen LogP contribution is -2.35. The van der Waals surface area contributed by atoms with Gasteiger partial charge in [0.1, 0.15) is 17.3 Å². The van der Waals surface area contributed by atoms with Gasteiger partial charge in [0.15, 0.2) is 0 Å². The summed E-state index contributed by atoms with van der Waals surface area (Å²) in [6.07, 6.45) is -3.13. The quantitative estimate of drug-likeness (QED) is 0.305. The van der Waals surface area contributed by atoms with Gasteiger partial charge in [-0.3, -0.25) is 0 Å². The van der Waals surface area contributed by atoms with Gasteiger partial charge < -0.3 is 11.1 Å². The van der Waals surface area contributed by atoms with Crippen LogP contribution in [-0.2, 0) is 19.0 Å². The first-order valence-electron chi connectivity index (χ1n) is 11.5. The summed E-state index contributed by atoms with van der Waals surface area (Å²) in [6, 6.07) is 3.68. The van der Waals surface area contributed by atoms with Gasteiger partial charge in [-0.1, -0.05) is 26.5 Å².